The van der Waals surface area contributed by atoms with Crippen LogP contribution >= 0.6 is 0 Å². The zero-order chi connectivity index (χ0) is 31.9. The zero-order valence-corrected chi connectivity index (χ0v) is 25.7. The number of nitrogens with zero attached hydrogens (tertiary/aromatic N) is 4. The van der Waals surface area contributed by atoms with Crippen molar-refractivity contribution in [3.8, 4) is 0 Å². The molecule has 3 heterocycles. The van der Waals surface area contributed by atoms with Crippen LogP contribution < -0.4 is 16.0 Å². The lowest BCUT2D eigenvalue weighted by molar-refractivity contribution is -0.145. The Balaban J connectivity index is 1.31. The smallest absolute Gasteiger partial charge is 0.249 e. The van der Waals surface area contributed by atoms with E-state index >= 15 is 0 Å². The Bertz CT molecular complexity index is 1520. The maximum Gasteiger partial charge on any atom is 0.249 e. The summed E-state index contributed by atoms with van der Waals surface area (Å²) in [5, 5.41) is 20.1. The first-order chi connectivity index (χ1) is 21.7. The molecule has 12 nitrogen and oxygen atoms in total. The monoisotopic (exact) mass is 615 g/mol. The van der Waals surface area contributed by atoms with Gasteiger partial charge in [-0.2, -0.15) is 0 Å². The van der Waals surface area contributed by atoms with Gasteiger partial charge in [-0.15, -0.1) is 0 Å². The molecule has 2 saturated heterocycles. The van der Waals surface area contributed by atoms with Crippen molar-refractivity contribution in [1.82, 2.24) is 30.3 Å². The number of nitrogens with one attached hydrogen (secondary N) is 3. The fraction of sp³-hybridized carbons (Fsp3) is 0.424. The molecule has 0 radical (unpaired) electrons. The number of fused-ring (bicyclic) bond motifs is 1. The van der Waals surface area contributed by atoms with Gasteiger partial charge < -0.3 is 30.9 Å². The number of rotatable bonds is 10. The number of hydrogen-bond donors (Lipinski definition) is 4. The van der Waals surface area contributed by atoms with Crippen LogP contribution in [0.25, 0.3) is 10.9 Å². The van der Waals surface area contributed by atoms with E-state index < -0.39 is 36.0 Å². The number of anilines is 1. The van der Waals surface area contributed by atoms with Crippen LogP contribution in [-0.4, -0.2) is 119 Å². The first kappa shape index (κ1) is 32.0. The lowest BCUT2D eigenvalue weighted by Gasteiger charge is -2.40. The minimum Gasteiger partial charge on any atom is -0.383 e. The molecule has 238 valence electrons. The number of piperazine rings is 1. The third-order valence-electron chi connectivity index (χ3n) is 8.56. The van der Waals surface area contributed by atoms with Gasteiger partial charge >= 0.3 is 0 Å². The minimum atomic E-state index is -1.23. The summed E-state index contributed by atoms with van der Waals surface area (Å²) in [7, 11) is 3.53. The first-order valence-electron chi connectivity index (χ1n) is 15.3. The van der Waals surface area contributed by atoms with E-state index in [0.717, 1.165) is 16.5 Å². The molecular formula is C33H41N7O5. The number of likely N-dealkylation sites (tertiary alicyclic amines) is 1. The van der Waals surface area contributed by atoms with Crippen LogP contribution in [0.1, 0.15) is 18.4 Å². The number of aryl methyl sites for hydroxylation is 1. The highest BCUT2D eigenvalue weighted by molar-refractivity contribution is 5.99. The third kappa shape index (κ3) is 7.83. The summed E-state index contributed by atoms with van der Waals surface area (Å²) in [4.78, 5) is 62.9. The zero-order valence-electron chi connectivity index (χ0n) is 25.7. The highest BCUT2D eigenvalue weighted by atomic mass is 16.3. The Kier molecular flexibility index (Phi) is 10.4. The largest absolute Gasteiger partial charge is 0.383 e. The fourth-order valence-electron chi connectivity index (χ4n) is 6.00. The number of aliphatic hydroxyl groups excluding tert-OH is 1. The summed E-state index contributed by atoms with van der Waals surface area (Å²) < 4.78 is 0. The molecule has 5 rings (SSSR count). The third-order valence-corrected chi connectivity index (χ3v) is 8.56. The number of aromatic nitrogens is 1. The summed E-state index contributed by atoms with van der Waals surface area (Å²) in [5.41, 5.74) is 2.30. The van der Waals surface area contributed by atoms with Crippen LogP contribution in [0.4, 0.5) is 5.69 Å². The quantitative estimate of drug-likeness (QED) is 0.260. The minimum absolute atomic E-state index is 0.0961. The summed E-state index contributed by atoms with van der Waals surface area (Å²) >= 11 is 0. The van der Waals surface area contributed by atoms with Crippen molar-refractivity contribution in [2.75, 3.05) is 52.1 Å². The van der Waals surface area contributed by atoms with Gasteiger partial charge in [0.25, 0.3) is 0 Å². The first-order valence-corrected chi connectivity index (χ1v) is 15.3. The second-order valence-electron chi connectivity index (χ2n) is 11.8. The van der Waals surface area contributed by atoms with Crippen LogP contribution in [-0.2, 0) is 25.6 Å². The van der Waals surface area contributed by atoms with Crippen LogP contribution in [0, 0.1) is 0 Å². The summed E-state index contributed by atoms with van der Waals surface area (Å²) in [5.74, 6) is -1.33. The van der Waals surface area contributed by atoms with E-state index in [1.807, 2.05) is 72.6 Å². The Labute approximate surface area is 262 Å². The number of para-hydroxylation sites is 1. The summed E-state index contributed by atoms with van der Waals surface area (Å²) in [6, 6.07) is 16.9. The van der Waals surface area contributed by atoms with E-state index in [2.05, 4.69) is 20.9 Å². The van der Waals surface area contributed by atoms with Gasteiger partial charge in [0, 0.05) is 37.6 Å². The van der Waals surface area contributed by atoms with Crippen LogP contribution in [0.5, 0.6) is 0 Å². The van der Waals surface area contributed by atoms with Gasteiger partial charge in [0.2, 0.25) is 23.6 Å². The van der Waals surface area contributed by atoms with E-state index in [1.165, 1.54) is 4.90 Å². The molecule has 3 aromatic rings. The molecule has 4 atom stereocenters. The fourth-order valence-corrected chi connectivity index (χ4v) is 6.00. The van der Waals surface area contributed by atoms with Gasteiger partial charge in [-0.25, -0.2) is 0 Å². The molecule has 4 N–H and O–H groups in total. The Morgan fingerprint density at radius 3 is 2.53 bits per heavy atom. The predicted octanol–water partition coefficient (Wildman–Crippen LogP) is 0.615. The SMILES string of the molecule is CNCC(=O)N1CCN(C)C(C(=O)N2C[C@H](NC(=O)[C@H](O)CCc3ccccc3)C[C@H]2C(=O)Nc2cnc3ccccc3c2)C1. The van der Waals surface area contributed by atoms with Crippen molar-refractivity contribution >= 4 is 40.2 Å². The molecular weight excluding hydrogens is 574 g/mol. The maximum absolute atomic E-state index is 14.1. The molecule has 0 spiro atoms. The topological polar surface area (TPSA) is 147 Å². The Morgan fingerprint density at radius 1 is 1.00 bits per heavy atom. The molecule has 0 bridgehead atoms. The summed E-state index contributed by atoms with van der Waals surface area (Å²) in [6.07, 6.45) is 1.29. The van der Waals surface area contributed by atoms with Gasteiger partial charge in [0.1, 0.15) is 18.2 Å². The molecule has 4 amide bonds. The number of carbonyl (C=O) groups excluding carboxylic acids is 4. The van der Waals surface area contributed by atoms with Crippen molar-refractivity contribution in [1.29, 1.82) is 0 Å². The van der Waals surface area contributed by atoms with Crippen LogP contribution in [0.3, 0.4) is 0 Å². The van der Waals surface area contributed by atoms with E-state index in [4.69, 9.17) is 0 Å². The average Bonchev–Trinajstić information content (AvgIpc) is 3.48. The number of benzene rings is 2. The van der Waals surface area contributed by atoms with Gasteiger partial charge in [-0.1, -0.05) is 48.5 Å². The van der Waals surface area contributed by atoms with Crippen molar-refractivity contribution in [3.63, 3.8) is 0 Å². The molecule has 12 heteroatoms. The molecule has 0 aliphatic carbocycles. The predicted molar refractivity (Wildman–Crippen MR) is 170 cm³/mol. The molecule has 2 aliphatic heterocycles. The lowest BCUT2D eigenvalue weighted by Crippen LogP contribution is -2.61. The van der Waals surface area contributed by atoms with Gasteiger partial charge in [-0.3, -0.25) is 29.1 Å². The summed E-state index contributed by atoms with van der Waals surface area (Å²) in [6.45, 7) is 1.47. The number of aliphatic hydroxyl groups is 1. The lowest BCUT2D eigenvalue weighted by atomic mass is 10.1. The Morgan fingerprint density at radius 2 is 1.76 bits per heavy atom. The number of amides is 4. The average molecular weight is 616 g/mol. The molecule has 1 unspecified atom stereocenters. The van der Waals surface area contributed by atoms with Crippen LogP contribution in [0.15, 0.2) is 66.9 Å². The molecule has 45 heavy (non-hydrogen) atoms. The second kappa shape index (κ2) is 14.6. The molecule has 2 aromatic carbocycles. The highest BCUT2D eigenvalue weighted by Crippen LogP contribution is 2.24. The van der Waals surface area contributed by atoms with Gasteiger partial charge in [0.05, 0.1) is 23.9 Å². The molecule has 2 fully saturated rings. The number of carbonyl (C=O) groups is 4. The van der Waals surface area contributed by atoms with E-state index in [-0.39, 0.29) is 44.3 Å². The van der Waals surface area contributed by atoms with E-state index in [9.17, 15) is 24.3 Å². The number of hydrogen-bond acceptors (Lipinski definition) is 8. The van der Waals surface area contributed by atoms with Gasteiger partial charge in [0.15, 0.2) is 0 Å². The van der Waals surface area contributed by atoms with Crippen molar-refractivity contribution in [2.24, 2.45) is 0 Å². The number of pyridine rings is 1. The molecule has 2 aliphatic rings. The molecule has 1 aromatic heterocycles. The van der Waals surface area contributed by atoms with Crippen molar-refractivity contribution < 1.29 is 24.3 Å². The van der Waals surface area contributed by atoms with Crippen LogP contribution in [0.2, 0.25) is 0 Å². The second-order valence-corrected chi connectivity index (χ2v) is 11.8. The van der Waals surface area contributed by atoms with Crippen molar-refractivity contribution in [2.45, 2.75) is 43.5 Å². The Hall–Kier alpha value is -4.39. The van der Waals surface area contributed by atoms with E-state index in [1.54, 1.807) is 18.1 Å². The van der Waals surface area contributed by atoms with E-state index in [0.29, 0.717) is 25.2 Å². The normalized spacial score (nSPS) is 21.0. The molecule has 0 saturated carbocycles. The highest BCUT2D eigenvalue weighted by Gasteiger charge is 2.44. The maximum atomic E-state index is 14.1. The van der Waals surface area contributed by atoms with Crippen molar-refractivity contribution in [3.05, 3.63) is 72.4 Å². The standard InChI is InChI=1S/C33H41N7O5/c1-34-19-30(42)39-15-14-38(2)28(21-39)33(45)40-20-25(37-32(44)29(41)13-12-22-8-4-3-5-9-22)17-27(40)31(43)36-24-16-23-10-6-7-11-26(23)35-18-24/h3-11,16,18,25,27-29,34,41H,12-15,17,19-21H2,1-2H3,(H,36,43)(H,37,44)/t25-,27+,28?,29-/m1/s1. The van der Waals surface area contributed by atoms with Gasteiger partial charge in [-0.05, 0) is 51.1 Å². The number of likely N-dealkylation sites (N-methyl/N-ethyl adjacent to an activating group) is 2.